The average Bonchev–Trinajstić information content (AvgIpc) is 3.28. The predicted octanol–water partition coefficient (Wildman–Crippen LogP) is 5.42. The van der Waals surface area contributed by atoms with Crippen LogP contribution in [0, 0.1) is 13.8 Å². The van der Waals surface area contributed by atoms with Gasteiger partial charge in [-0.2, -0.15) is 5.10 Å². The zero-order chi connectivity index (χ0) is 19.0. The molecule has 4 rings (SSSR count). The summed E-state index contributed by atoms with van der Waals surface area (Å²) in [4.78, 5) is 8.22. The summed E-state index contributed by atoms with van der Waals surface area (Å²) in [5.41, 5.74) is 7.46. The van der Waals surface area contributed by atoms with Crippen molar-refractivity contribution in [3.63, 3.8) is 0 Å². The lowest BCUT2D eigenvalue weighted by molar-refractivity contribution is 0.737. The monoisotopic (exact) mass is 378 g/mol. The van der Waals surface area contributed by atoms with Crippen LogP contribution in [-0.4, -0.2) is 21.3 Å². The van der Waals surface area contributed by atoms with Gasteiger partial charge in [-0.3, -0.25) is 9.67 Å². The van der Waals surface area contributed by atoms with Crippen molar-refractivity contribution in [2.45, 2.75) is 40.0 Å². The Kier molecular flexibility index (Phi) is 4.87. The zero-order valence-corrected chi connectivity index (χ0v) is 17.3. The highest BCUT2D eigenvalue weighted by Gasteiger charge is 2.29. The summed E-state index contributed by atoms with van der Waals surface area (Å²) >= 11 is 1.80. The molecular weight excluding hydrogens is 352 g/mol. The van der Waals surface area contributed by atoms with Gasteiger partial charge in [-0.05, 0) is 56.2 Å². The molecule has 3 aromatic rings. The SMILES string of the molecule is CC/C=C(\c1cccs1)c1c2c(nn1C)N(c1c(C)ccnc1C)CCC2. The van der Waals surface area contributed by atoms with Crippen LogP contribution < -0.4 is 4.90 Å². The van der Waals surface area contributed by atoms with E-state index in [1.807, 2.05) is 6.20 Å². The highest BCUT2D eigenvalue weighted by Crippen LogP contribution is 2.40. The first kappa shape index (κ1) is 18.0. The molecule has 27 heavy (non-hydrogen) atoms. The fourth-order valence-electron chi connectivity index (χ4n) is 4.12. The molecule has 0 aliphatic carbocycles. The number of allylic oxidation sites excluding steroid dienone is 1. The lowest BCUT2D eigenvalue weighted by atomic mass is 9.98. The molecule has 0 bridgehead atoms. The number of anilines is 2. The van der Waals surface area contributed by atoms with Crippen molar-refractivity contribution in [1.82, 2.24) is 14.8 Å². The van der Waals surface area contributed by atoms with Crippen LogP contribution >= 0.6 is 11.3 Å². The van der Waals surface area contributed by atoms with Crippen LogP contribution in [-0.2, 0) is 13.5 Å². The summed E-state index contributed by atoms with van der Waals surface area (Å²) in [6.07, 6.45) is 7.44. The fourth-order valence-corrected chi connectivity index (χ4v) is 4.89. The Morgan fingerprint density at radius 3 is 2.85 bits per heavy atom. The van der Waals surface area contributed by atoms with Gasteiger partial charge in [-0.25, -0.2) is 0 Å². The van der Waals surface area contributed by atoms with Crippen LogP contribution in [0.4, 0.5) is 11.5 Å². The standard InChI is InChI=1S/C22H26N4S/c1-5-8-17(19-10-7-14-27-19)21-18-9-6-13-26(22(18)24-25(21)4)20-15(2)11-12-23-16(20)3/h7-8,10-12,14H,5-6,9,13H2,1-4H3/b17-8+. The summed E-state index contributed by atoms with van der Waals surface area (Å²) < 4.78 is 2.07. The van der Waals surface area contributed by atoms with E-state index in [2.05, 4.69) is 72.0 Å². The van der Waals surface area contributed by atoms with Gasteiger partial charge in [0.15, 0.2) is 5.82 Å². The second-order valence-corrected chi connectivity index (χ2v) is 8.04. The minimum absolute atomic E-state index is 0.989. The molecule has 0 saturated heterocycles. The molecule has 0 unspecified atom stereocenters. The molecule has 1 aliphatic heterocycles. The van der Waals surface area contributed by atoms with Gasteiger partial charge in [-0.1, -0.05) is 19.1 Å². The lowest BCUT2D eigenvalue weighted by Crippen LogP contribution is -2.26. The van der Waals surface area contributed by atoms with Crippen LogP contribution in [0.3, 0.4) is 0 Å². The van der Waals surface area contributed by atoms with Crippen molar-refractivity contribution in [1.29, 1.82) is 0 Å². The number of thiophene rings is 1. The largest absolute Gasteiger partial charge is 0.323 e. The number of hydrogen-bond donors (Lipinski definition) is 0. The first-order valence-corrected chi connectivity index (χ1v) is 10.5. The fraction of sp³-hybridized carbons (Fsp3) is 0.364. The van der Waals surface area contributed by atoms with Crippen LogP contribution in [0.5, 0.6) is 0 Å². The first-order chi connectivity index (χ1) is 13.1. The Morgan fingerprint density at radius 1 is 1.30 bits per heavy atom. The Labute approximate surface area is 165 Å². The predicted molar refractivity (Wildman–Crippen MR) is 114 cm³/mol. The van der Waals surface area contributed by atoms with Gasteiger partial charge in [0.2, 0.25) is 0 Å². The Bertz CT molecular complexity index is 962. The quantitative estimate of drug-likeness (QED) is 0.608. The molecular formula is C22H26N4S. The van der Waals surface area contributed by atoms with Crippen molar-refractivity contribution in [3.05, 3.63) is 63.2 Å². The maximum absolute atomic E-state index is 4.98. The van der Waals surface area contributed by atoms with E-state index in [0.29, 0.717) is 0 Å². The average molecular weight is 379 g/mol. The summed E-state index contributed by atoms with van der Waals surface area (Å²) in [5, 5.41) is 7.13. The number of aromatic nitrogens is 3. The van der Waals surface area contributed by atoms with E-state index in [1.165, 1.54) is 33.0 Å². The van der Waals surface area contributed by atoms with Crippen molar-refractivity contribution in [3.8, 4) is 0 Å². The van der Waals surface area contributed by atoms with Crippen molar-refractivity contribution < 1.29 is 0 Å². The number of fused-ring (bicyclic) bond motifs is 1. The van der Waals surface area contributed by atoms with Crippen LogP contribution in [0.25, 0.3) is 5.57 Å². The minimum atomic E-state index is 0.989. The molecule has 0 saturated carbocycles. The van der Waals surface area contributed by atoms with Crippen molar-refractivity contribution in [2.24, 2.45) is 7.05 Å². The normalized spacial score (nSPS) is 14.5. The lowest BCUT2D eigenvalue weighted by Gasteiger charge is -2.30. The smallest absolute Gasteiger partial charge is 0.158 e. The molecule has 4 nitrogen and oxygen atoms in total. The number of pyridine rings is 1. The molecule has 0 N–H and O–H groups in total. The Hall–Kier alpha value is -2.40. The molecule has 4 heterocycles. The molecule has 3 aromatic heterocycles. The summed E-state index contributed by atoms with van der Waals surface area (Å²) in [7, 11) is 2.08. The van der Waals surface area contributed by atoms with E-state index in [9.17, 15) is 0 Å². The second kappa shape index (κ2) is 7.31. The Morgan fingerprint density at radius 2 is 2.15 bits per heavy atom. The maximum atomic E-state index is 4.98. The van der Waals surface area contributed by atoms with Gasteiger partial charge in [0, 0.05) is 35.8 Å². The first-order valence-electron chi connectivity index (χ1n) is 9.61. The molecule has 0 aromatic carbocycles. The number of rotatable bonds is 4. The maximum Gasteiger partial charge on any atom is 0.158 e. The summed E-state index contributed by atoms with van der Waals surface area (Å²) in [6, 6.07) is 6.43. The molecule has 0 amide bonds. The molecule has 140 valence electrons. The molecule has 0 fully saturated rings. The van der Waals surface area contributed by atoms with E-state index in [0.717, 1.165) is 37.3 Å². The van der Waals surface area contributed by atoms with E-state index < -0.39 is 0 Å². The van der Waals surface area contributed by atoms with E-state index >= 15 is 0 Å². The van der Waals surface area contributed by atoms with Gasteiger partial charge in [-0.15, -0.1) is 11.3 Å². The van der Waals surface area contributed by atoms with Crippen LogP contribution in [0.1, 0.15) is 47.2 Å². The van der Waals surface area contributed by atoms with E-state index in [-0.39, 0.29) is 0 Å². The summed E-state index contributed by atoms with van der Waals surface area (Å²) in [6.45, 7) is 7.44. The number of nitrogens with zero attached hydrogens (tertiary/aromatic N) is 4. The molecule has 5 heteroatoms. The number of hydrogen-bond acceptors (Lipinski definition) is 4. The highest BCUT2D eigenvalue weighted by molar-refractivity contribution is 7.11. The van der Waals surface area contributed by atoms with Crippen molar-refractivity contribution >= 4 is 28.4 Å². The van der Waals surface area contributed by atoms with Crippen molar-refractivity contribution in [2.75, 3.05) is 11.4 Å². The molecule has 0 atom stereocenters. The van der Waals surface area contributed by atoms with Gasteiger partial charge < -0.3 is 4.90 Å². The van der Waals surface area contributed by atoms with Crippen LogP contribution in [0.15, 0.2) is 35.9 Å². The third-order valence-corrected chi connectivity index (χ3v) is 6.12. The topological polar surface area (TPSA) is 34.0 Å². The minimum Gasteiger partial charge on any atom is -0.323 e. The zero-order valence-electron chi connectivity index (χ0n) is 16.5. The highest BCUT2D eigenvalue weighted by atomic mass is 32.1. The van der Waals surface area contributed by atoms with Gasteiger partial charge in [0.05, 0.1) is 17.1 Å². The van der Waals surface area contributed by atoms with Gasteiger partial charge in [0.25, 0.3) is 0 Å². The molecule has 0 radical (unpaired) electrons. The Balaban J connectivity index is 1.88. The van der Waals surface area contributed by atoms with Crippen LogP contribution in [0.2, 0.25) is 0 Å². The third kappa shape index (κ3) is 3.10. The molecule has 0 spiro atoms. The van der Waals surface area contributed by atoms with Gasteiger partial charge >= 0.3 is 0 Å². The summed E-state index contributed by atoms with van der Waals surface area (Å²) in [5.74, 6) is 1.09. The van der Waals surface area contributed by atoms with E-state index in [4.69, 9.17) is 5.10 Å². The van der Waals surface area contributed by atoms with E-state index in [1.54, 1.807) is 11.3 Å². The molecule has 1 aliphatic rings. The number of aryl methyl sites for hydroxylation is 3. The van der Waals surface area contributed by atoms with Gasteiger partial charge in [0.1, 0.15) is 0 Å². The third-order valence-electron chi connectivity index (χ3n) is 5.22. The second-order valence-electron chi connectivity index (χ2n) is 7.09.